The molecule has 0 aromatic carbocycles. The second-order valence-electron chi connectivity index (χ2n) is 4.54. The Morgan fingerprint density at radius 2 is 2.13 bits per heavy atom. The van der Waals surface area contributed by atoms with E-state index in [0.29, 0.717) is 0 Å². The Labute approximate surface area is 95.4 Å². The number of nitrogens with one attached hydrogen (secondary N) is 1. The van der Waals surface area contributed by atoms with Gasteiger partial charge in [0, 0.05) is 18.8 Å². The number of ether oxygens (including phenoxy) is 1. The van der Waals surface area contributed by atoms with Crippen molar-refractivity contribution in [1.82, 2.24) is 10.4 Å². The molecule has 0 atom stereocenters. The molecule has 5 heteroatoms. The number of rotatable bonds is 1. The van der Waals surface area contributed by atoms with Gasteiger partial charge in [0.05, 0.1) is 18.8 Å². The monoisotopic (exact) mass is 229 g/mol. The Kier molecular flexibility index (Phi) is 3.53. The van der Waals surface area contributed by atoms with Gasteiger partial charge in [-0.15, -0.1) is 0 Å². The Hall–Kier alpha value is -0.260. The van der Waals surface area contributed by atoms with Crippen LogP contribution in [0.4, 0.5) is 0 Å². The maximum atomic E-state index is 5.30. The predicted octanol–water partition coefficient (Wildman–Crippen LogP) is 1.09. The van der Waals surface area contributed by atoms with Crippen molar-refractivity contribution in [2.45, 2.75) is 25.8 Å². The minimum Gasteiger partial charge on any atom is -0.379 e. The second kappa shape index (κ2) is 4.72. The van der Waals surface area contributed by atoms with Gasteiger partial charge in [0.2, 0.25) is 0 Å². The topological polar surface area (TPSA) is 36.9 Å². The SMILES string of the molecule is CC1(C)CCSC(NN2CCOCC2)=N1. The first-order chi connectivity index (χ1) is 7.16. The standard InChI is InChI=1S/C10H19N3OS/c1-10(2)3-8-15-9(11-10)12-13-4-6-14-7-5-13/h3-8H2,1-2H3,(H,11,12). The van der Waals surface area contributed by atoms with E-state index in [4.69, 9.17) is 9.73 Å². The van der Waals surface area contributed by atoms with Gasteiger partial charge in [-0.25, -0.2) is 5.01 Å². The zero-order valence-electron chi connectivity index (χ0n) is 9.45. The summed E-state index contributed by atoms with van der Waals surface area (Å²) in [6.07, 6.45) is 1.16. The Morgan fingerprint density at radius 3 is 2.80 bits per heavy atom. The smallest absolute Gasteiger partial charge is 0.171 e. The third-order valence-corrected chi connectivity index (χ3v) is 3.49. The molecule has 0 aliphatic carbocycles. The lowest BCUT2D eigenvalue weighted by Gasteiger charge is -2.32. The lowest BCUT2D eigenvalue weighted by atomic mass is 10.0. The lowest BCUT2D eigenvalue weighted by Crippen LogP contribution is -2.48. The number of amidine groups is 1. The molecule has 2 aliphatic rings. The molecule has 4 nitrogen and oxygen atoms in total. The minimum absolute atomic E-state index is 0.0971. The summed E-state index contributed by atoms with van der Waals surface area (Å²) >= 11 is 1.82. The Morgan fingerprint density at radius 1 is 1.40 bits per heavy atom. The highest BCUT2D eigenvalue weighted by Gasteiger charge is 2.23. The zero-order chi connectivity index (χ0) is 10.7. The van der Waals surface area contributed by atoms with Crippen molar-refractivity contribution in [3.8, 4) is 0 Å². The Balaban J connectivity index is 1.90. The Bertz CT molecular complexity index is 249. The van der Waals surface area contributed by atoms with Gasteiger partial charge in [-0.2, -0.15) is 0 Å². The van der Waals surface area contributed by atoms with Crippen molar-refractivity contribution in [2.24, 2.45) is 4.99 Å². The van der Waals surface area contributed by atoms with Gasteiger partial charge in [0.25, 0.3) is 0 Å². The maximum Gasteiger partial charge on any atom is 0.171 e. The summed E-state index contributed by atoms with van der Waals surface area (Å²) in [6, 6.07) is 0. The molecule has 0 aromatic heterocycles. The van der Waals surface area contributed by atoms with Crippen LogP contribution in [0.15, 0.2) is 4.99 Å². The van der Waals surface area contributed by atoms with Gasteiger partial charge < -0.3 is 4.74 Å². The highest BCUT2D eigenvalue weighted by molar-refractivity contribution is 8.13. The van der Waals surface area contributed by atoms with Crippen LogP contribution >= 0.6 is 11.8 Å². The molecule has 0 amide bonds. The molecule has 15 heavy (non-hydrogen) atoms. The van der Waals surface area contributed by atoms with Crippen LogP contribution in [0.1, 0.15) is 20.3 Å². The number of nitrogens with zero attached hydrogens (tertiary/aromatic N) is 2. The van der Waals surface area contributed by atoms with E-state index in [2.05, 4.69) is 24.3 Å². The molecule has 0 unspecified atom stereocenters. The predicted molar refractivity (Wildman–Crippen MR) is 64.1 cm³/mol. The fourth-order valence-corrected chi connectivity index (χ4v) is 2.93. The summed E-state index contributed by atoms with van der Waals surface area (Å²) in [4.78, 5) is 4.69. The fourth-order valence-electron chi connectivity index (χ4n) is 1.63. The summed E-state index contributed by atoms with van der Waals surface area (Å²) in [7, 11) is 0. The second-order valence-corrected chi connectivity index (χ2v) is 5.62. The number of morpholine rings is 1. The molecule has 0 bridgehead atoms. The molecule has 2 rings (SSSR count). The van der Waals surface area contributed by atoms with Crippen molar-refractivity contribution in [3.05, 3.63) is 0 Å². The van der Waals surface area contributed by atoms with Crippen molar-refractivity contribution >= 4 is 16.9 Å². The van der Waals surface area contributed by atoms with Crippen LogP contribution in [0.5, 0.6) is 0 Å². The van der Waals surface area contributed by atoms with E-state index >= 15 is 0 Å². The van der Waals surface area contributed by atoms with Gasteiger partial charge in [-0.1, -0.05) is 11.8 Å². The fraction of sp³-hybridized carbons (Fsp3) is 0.900. The number of hydrazine groups is 1. The van der Waals surface area contributed by atoms with Crippen LogP contribution in [0.3, 0.4) is 0 Å². The van der Waals surface area contributed by atoms with Gasteiger partial charge in [0.15, 0.2) is 5.17 Å². The molecule has 0 spiro atoms. The minimum atomic E-state index is 0.0971. The summed E-state index contributed by atoms with van der Waals surface area (Å²) in [5.41, 5.74) is 3.48. The molecule has 86 valence electrons. The molecule has 0 saturated carbocycles. The third kappa shape index (κ3) is 3.36. The first-order valence-electron chi connectivity index (χ1n) is 5.48. The zero-order valence-corrected chi connectivity index (χ0v) is 10.3. The summed E-state index contributed by atoms with van der Waals surface area (Å²) in [5, 5.41) is 3.25. The average molecular weight is 229 g/mol. The molecular weight excluding hydrogens is 210 g/mol. The van der Waals surface area contributed by atoms with Gasteiger partial charge >= 0.3 is 0 Å². The molecular formula is C10H19N3OS. The molecule has 1 fully saturated rings. The van der Waals surface area contributed by atoms with E-state index in [1.807, 2.05) is 11.8 Å². The highest BCUT2D eigenvalue weighted by Crippen LogP contribution is 2.25. The van der Waals surface area contributed by atoms with Crippen molar-refractivity contribution in [1.29, 1.82) is 0 Å². The maximum absolute atomic E-state index is 5.30. The molecule has 1 N–H and O–H groups in total. The van der Waals surface area contributed by atoms with Crippen molar-refractivity contribution in [2.75, 3.05) is 32.1 Å². The first kappa shape index (κ1) is 11.2. The summed E-state index contributed by atoms with van der Waals surface area (Å²) in [6.45, 7) is 7.89. The van der Waals surface area contributed by atoms with Gasteiger partial charge in [0.1, 0.15) is 0 Å². The van der Waals surface area contributed by atoms with Gasteiger partial charge in [-0.3, -0.25) is 10.4 Å². The first-order valence-corrected chi connectivity index (χ1v) is 6.46. The lowest BCUT2D eigenvalue weighted by molar-refractivity contribution is 0.0252. The van der Waals surface area contributed by atoms with E-state index in [-0.39, 0.29) is 5.54 Å². The van der Waals surface area contributed by atoms with Crippen LogP contribution in [0, 0.1) is 0 Å². The quantitative estimate of drug-likeness (QED) is 0.730. The van der Waals surface area contributed by atoms with E-state index in [0.717, 1.165) is 43.6 Å². The van der Waals surface area contributed by atoms with Crippen LogP contribution in [0.2, 0.25) is 0 Å². The van der Waals surface area contributed by atoms with E-state index < -0.39 is 0 Å². The third-order valence-electron chi connectivity index (χ3n) is 2.62. The summed E-state index contributed by atoms with van der Waals surface area (Å²) < 4.78 is 5.30. The number of thioether (sulfide) groups is 1. The summed E-state index contributed by atoms with van der Waals surface area (Å²) in [5.74, 6) is 1.16. The molecule has 1 saturated heterocycles. The average Bonchev–Trinajstić information content (AvgIpc) is 2.17. The van der Waals surface area contributed by atoms with Crippen molar-refractivity contribution < 1.29 is 4.74 Å². The number of hydrogen-bond acceptors (Lipinski definition) is 5. The van der Waals surface area contributed by atoms with Crippen molar-refractivity contribution in [3.63, 3.8) is 0 Å². The molecule has 2 aliphatic heterocycles. The van der Waals surface area contributed by atoms with Gasteiger partial charge in [-0.05, 0) is 20.3 Å². The van der Waals surface area contributed by atoms with Crippen LogP contribution in [-0.2, 0) is 4.74 Å². The van der Waals surface area contributed by atoms with Crippen LogP contribution in [0.25, 0.3) is 0 Å². The van der Waals surface area contributed by atoms with Crippen LogP contribution in [-0.4, -0.2) is 47.8 Å². The number of aliphatic imine (C=N–C) groups is 1. The van der Waals surface area contributed by atoms with E-state index in [9.17, 15) is 0 Å². The molecule has 0 aromatic rings. The van der Waals surface area contributed by atoms with E-state index in [1.165, 1.54) is 0 Å². The normalized spacial score (nSPS) is 27.2. The number of hydrogen-bond donors (Lipinski definition) is 1. The molecule has 0 radical (unpaired) electrons. The molecule has 2 heterocycles. The largest absolute Gasteiger partial charge is 0.379 e. The van der Waals surface area contributed by atoms with Crippen LogP contribution < -0.4 is 5.43 Å². The van der Waals surface area contributed by atoms with E-state index in [1.54, 1.807) is 0 Å². The highest BCUT2D eigenvalue weighted by atomic mass is 32.2.